The molecule has 0 fully saturated rings. The minimum Gasteiger partial charge on any atom is -0.258 e. The highest BCUT2D eigenvalue weighted by Crippen LogP contribution is 2.39. The number of halogens is 2. The Bertz CT molecular complexity index is 1360. The molecule has 4 aromatic rings. The number of benzene rings is 3. The highest BCUT2D eigenvalue weighted by molar-refractivity contribution is 7.14. The van der Waals surface area contributed by atoms with E-state index < -0.39 is 4.92 Å². The Balaban J connectivity index is 1.54. The number of aromatic nitrogens is 1. The van der Waals surface area contributed by atoms with E-state index in [-0.39, 0.29) is 17.5 Å². The monoisotopic (exact) mass is 478 g/mol. The summed E-state index contributed by atoms with van der Waals surface area (Å²) in [5.41, 5.74) is 3.99. The maximum atomic E-state index is 13.5. The van der Waals surface area contributed by atoms with Crippen molar-refractivity contribution >= 4 is 39.5 Å². The van der Waals surface area contributed by atoms with Crippen molar-refractivity contribution in [2.45, 2.75) is 12.5 Å². The summed E-state index contributed by atoms with van der Waals surface area (Å²) in [5, 5.41) is 21.1. The van der Waals surface area contributed by atoms with Crippen LogP contribution in [0.4, 0.5) is 15.2 Å². The van der Waals surface area contributed by atoms with Gasteiger partial charge in [-0.3, -0.25) is 10.1 Å². The van der Waals surface area contributed by atoms with E-state index >= 15 is 0 Å². The molecule has 0 saturated heterocycles. The first-order chi connectivity index (χ1) is 16.0. The van der Waals surface area contributed by atoms with E-state index in [9.17, 15) is 14.5 Å². The second kappa shape index (κ2) is 8.73. The van der Waals surface area contributed by atoms with Gasteiger partial charge in [0.15, 0.2) is 0 Å². The van der Waals surface area contributed by atoms with E-state index in [1.807, 2.05) is 34.7 Å². The Labute approximate surface area is 197 Å². The molecule has 0 amide bonds. The minimum atomic E-state index is -0.423. The van der Waals surface area contributed by atoms with Crippen LogP contribution in [0, 0.1) is 15.9 Å². The summed E-state index contributed by atoms with van der Waals surface area (Å²) in [6.45, 7) is 0. The summed E-state index contributed by atoms with van der Waals surface area (Å²) in [4.78, 5) is 15.6. The smallest absolute Gasteiger partial charge is 0.258 e. The molecule has 2 heterocycles. The Morgan fingerprint density at radius 3 is 2.55 bits per heavy atom. The van der Waals surface area contributed by atoms with E-state index in [1.165, 1.54) is 35.6 Å². The van der Waals surface area contributed by atoms with E-state index in [0.29, 0.717) is 27.9 Å². The van der Waals surface area contributed by atoms with Crippen LogP contribution >= 0.6 is 22.9 Å². The largest absolute Gasteiger partial charge is 0.270 e. The highest BCUT2D eigenvalue weighted by Gasteiger charge is 2.32. The molecule has 0 aliphatic carbocycles. The van der Waals surface area contributed by atoms with Gasteiger partial charge in [0.1, 0.15) is 5.82 Å². The molecule has 1 aromatic heterocycles. The van der Waals surface area contributed by atoms with Crippen LogP contribution in [0.5, 0.6) is 0 Å². The van der Waals surface area contributed by atoms with Crippen molar-refractivity contribution in [1.82, 2.24) is 4.98 Å². The SMILES string of the molecule is O=[N+]([O-])c1cccc(C2=NN(c3nc(-c4ccc(Cl)cc4)cs3)[C@H](c3ccc(F)cc3)C2)c1. The average Bonchev–Trinajstić information content (AvgIpc) is 3.48. The summed E-state index contributed by atoms with van der Waals surface area (Å²) in [7, 11) is 0. The Hall–Kier alpha value is -3.62. The third-order valence-corrected chi connectivity index (χ3v) is 6.47. The van der Waals surface area contributed by atoms with Crippen molar-refractivity contribution in [3.63, 3.8) is 0 Å². The predicted molar refractivity (Wildman–Crippen MR) is 128 cm³/mol. The number of hydrogen-bond acceptors (Lipinski definition) is 6. The Morgan fingerprint density at radius 1 is 1.06 bits per heavy atom. The molecule has 0 spiro atoms. The van der Waals surface area contributed by atoms with Gasteiger partial charge in [0, 0.05) is 40.1 Å². The fourth-order valence-corrected chi connectivity index (χ4v) is 4.69. The summed E-state index contributed by atoms with van der Waals surface area (Å²) in [5.74, 6) is -0.317. The van der Waals surface area contributed by atoms with Gasteiger partial charge in [0.05, 0.1) is 22.4 Å². The maximum absolute atomic E-state index is 13.5. The molecule has 5 rings (SSSR count). The first kappa shape index (κ1) is 21.2. The lowest BCUT2D eigenvalue weighted by Gasteiger charge is -2.21. The number of nitro groups is 1. The van der Waals surface area contributed by atoms with Gasteiger partial charge >= 0.3 is 0 Å². The number of hydrogen-bond donors (Lipinski definition) is 0. The average molecular weight is 479 g/mol. The number of hydrazone groups is 1. The maximum Gasteiger partial charge on any atom is 0.270 e. The molecular weight excluding hydrogens is 463 g/mol. The van der Waals surface area contributed by atoms with Crippen molar-refractivity contribution in [2.75, 3.05) is 5.01 Å². The van der Waals surface area contributed by atoms with Crippen LogP contribution in [0.2, 0.25) is 5.02 Å². The number of non-ortho nitro benzene ring substituents is 1. The zero-order chi connectivity index (χ0) is 22.9. The molecule has 1 aliphatic heterocycles. The van der Waals surface area contributed by atoms with Gasteiger partial charge in [-0.25, -0.2) is 14.4 Å². The second-order valence-corrected chi connectivity index (χ2v) is 8.77. The van der Waals surface area contributed by atoms with Gasteiger partial charge in [0.25, 0.3) is 5.69 Å². The van der Waals surface area contributed by atoms with E-state index in [2.05, 4.69) is 0 Å². The van der Waals surface area contributed by atoms with Crippen LogP contribution in [-0.2, 0) is 0 Å². The lowest BCUT2D eigenvalue weighted by molar-refractivity contribution is -0.384. The third kappa shape index (κ3) is 4.35. The molecule has 0 radical (unpaired) electrons. The summed E-state index contributed by atoms with van der Waals surface area (Å²) >= 11 is 7.44. The molecule has 33 heavy (non-hydrogen) atoms. The molecule has 0 N–H and O–H groups in total. The molecule has 3 aromatic carbocycles. The van der Waals surface area contributed by atoms with Crippen LogP contribution < -0.4 is 5.01 Å². The van der Waals surface area contributed by atoms with Crippen molar-refractivity contribution in [3.05, 3.63) is 110 Å². The normalized spacial score (nSPS) is 15.5. The third-order valence-electron chi connectivity index (χ3n) is 5.38. The number of nitrogens with zero attached hydrogens (tertiary/aromatic N) is 4. The summed E-state index contributed by atoms with van der Waals surface area (Å²) < 4.78 is 13.5. The van der Waals surface area contributed by atoms with Gasteiger partial charge in [-0.2, -0.15) is 5.10 Å². The van der Waals surface area contributed by atoms with Gasteiger partial charge in [-0.05, 0) is 29.8 Å². The number of nitro benzene ring substituents is 1. The topological polar surface area (TPSA) is 71.6 Å². The Kier molecular flexibility index (Phi) is 5.62. The van der Waals surface area contributed by atoms with Crippen molar-refractivity contribution in [1.29, 1.82) is 0 Å². The van der Waals surface area contributed by atoms with E-state index in [1.54, 1.807) is 24.3 Å². The second-order valence-electron chi connectivity index (χ2n) is 7.49. The standard InChI is InChI=1S/C24H16ClFN4O2S/c25-18-8-4-15(5-9-18)22-14-33-24(27-22)29-23(16-6-10-19(26)11-7-16)13-21(28-29)17-2-1-3-20(12-17)30(31)32/h1-12,14,23H,13H2/t23-/m0/s1. The van der Waals surface area contributed by atoms with Crippen molar-refractivity contribution in [3.8, 4) is 11.3 Å². The number of rotatable bonds is 5. The van der Waals surface area contributed by atoms with Crippen LogP contribution in [-0.4, -0.2) is 15.6 Å². The van der Waals surface area contributed by atoms with E-state index in [4.69, 9.17) is 21.7 Å². The minimum absolute atomic E-state index is 0.00579. The molecule has 164 valence electrons. The van der Waals surface area contributed by atoms with Crippen molar-refractivity contribution < 1.29 is 9.31 Å². The van der Waals surface area contributed by atoms with Crippen LogP contribution in [0.15, 0.2) is 83.3 Å². The van der Waals surface area contributed by atoms with Crippen LogP contribution in [0.1, 0.15) is 23.6 Å². The van der Waals surface area contributed by atoms with Crippen LogP contribution in [0.3, 0.4) is 0 Å². The van der Waals surface area contributed by atoms with E-state index in [0.717, 1.165) is 16.8 Å². The molecule has 1 atom stereocenters. The lowest BCUT2D eigenvalue weighted by atomic mass is 9.98. The summed E-state index contributed by atoms with van der Waals surface area (Å²) in [6.07, 6.45) is 0.503. The number of anilines is 1. The zero-order valence-electron chi connectivity index (χ0n) is 17.1. The molecule has 0 bridgehead atoms. The fraction of sp³-hybridized carbons (Fsp3) is 0.0833. The quantitative estimate of drug-likeness (QED) is 0.232. The number of thiazole rings is 1. The lowest BCUT2D eigenvalue weighted by Crippen LogP contribution is -2.18. The van der Waals surface area contributed by atoms with Gasteiger partial charge in [0.2, 0.25) is 5.13 Å². The van der Waals surface area contributed by atoms with Gasteiger partial charge in [-0.1, -0.05) is 48.0 Å². The zero-order valence-corrected chi connectivity index (χ0v) is 18.6. The predicted octanol–water partition coefficient (Wildman–Crippen LogP) is 6.87. The van der Waals surface area contributed by atoms with Gasteiger partial charge in [-0.15, -0.1) is 11.3 Å². The molecular formula is C24H16ClFN4O2S. The van der Waals surface area contributed by atoms with Gasteiger partial charge < -0.3 is 0 Å². The first-order valence-corrected chi connectivity index (χ1v) is 11.3. The molecule has 9 heteroatoms. The molecule has 6 nitrogen and oxygen atoms in total. The summed E-state index contributed by atoms with van der Waals surface area (Å²) in [6, 6.07) is 19.9. The molecule has 1 aliphatic rings. The highest BCUT2D eigenvalue weighted by atomic mass is 35.5. The van der Waals surface area contributed by atoms with Crippen LogP contribution in [0.25, 0.3) is 11.3 Å². The molecule has 0 saturated carbocycles. The fourth-order valence-electron chi connectivity index (χ4n) is 3.73. The molecule has 0 unspecified atom stereocenters. The van der Waals surface area contributed by atoms with Crippen molar-refractivity contribution in [2.24, 2.45) is 5.10 Å². The first-order valence-electron chi connectivity index (χ1n) is 10.1. The Morgan fingerprint density at radius 2 is 1.82 bits per heavy atom.